The van der Waals surface area contributed by atoms with Crippen LogP contribution in [-0.4, -0.2) is 23.4 Å². The number of nitro benzene ring substituents is 1. The van der Waals surface area contributed by atoms with Crippen molar-refractivity contribution in [3.8, 4) is 0 Å². The lowest BCUT2D eigenvalue weighted by molar-refractivity contribution is -0.384. The predicted molar refractivity (Wildman–Crippen MR) is 83.9 cm³/mol. The van der Waals surface area contributed by atoms with Gasteiger partial charge >= 0.3 is 5.97 Å². The van der Waals surface area contributed by atoms with Crippen LogP contribution in [-0.2, 0) is 14.3 Å². The summed E-state index contributed by atoms with van der Waals surface area (Å²) >= 11 is 0. The molecule has 1 aromatic rings. The van der Waals surface area contributed by atoms with Gasteiger partial charge in [0.05, 0.1) is 4.92 Å². The van der Waals surface area contributed by atoms with E-state index in [-0.39, 0.29) is 18.3 Å². The van der Waals surface area contributed by atoms with Gasteiger partial charge in [0.15, 0.2) is 6.61 Å². The maximum absolute atomic E-state index is 11.7. The molecule has 23 heavy (non-hydrogen) atoms. The molecule has 1 fully saturated rings. The Morgan fingerprint density at radius 3 is 2.43 bits per heavy atom. The van der Waals surface area contributed by atoms with Gasteiger partial charge < -0.3 is 10.1 Å². The number of rotatable bonds is 6. The van der Waals surface area contributed by atoms with Gasteiger partial charge in [-0.15, -0.1) is 0 Å². The van der Waals surface area contributed by atoms with Crippen LogP contribution in [0, 0.1) is 16.0 Å². The van der Waals surface area contributed by atoms with Crippen LogP contribution in [0.25, 0.3) is 0 Å². The smallest absolute Gasteiger partial charge is 0.306 e. The first-order chi connectivity index (χ1) is 11.0. The van der Waals surface area contributed by atoms with Gasteiger partial charge in [-0.25, -0.2) is 0 Å². The van der Waals surface area contributed by atoms with Crippen LogP contribution < -0.4 is 5.32 Å². The summed E-state index contributed by atoms with van der Waals surface area (Å²) in [7, 11) is 0. The number of nitrogens with zero attached hydrogens (tertiary/aromatic N) is 1. The van der Waals surface area contributed by atoms with Gasteiger partial charge in [-0.3, -0.25) is 19.7 Å². The van der Waals surface area contributed by atoms with Crippen LogP contribution in [0.4, 0.5) is 11.4 Å². The van der Waals surface area contributed by atoms with Crippen molar-refractivity contribution in [2.75, 3.05) is 11.9 Å². The number of carbonyl (C=O) groups excluding carboxylic acids is 2. The standard InChI is InChI=1S/C16H20N2O5/c19-15(17-13-6-8-14(9-7-13)18(21)22)11-23-16(20)10-12-4-2-1-3-5-12/h6-9,12H,1-5,10-11H2,(H,17,19). The molecule has 124 valence electrons. The highest BCUT2D eigenvalue weighted by atomic mass is 16.6. The SMILES string of the molecule is O=C(COC(=O)CC1CCCCC1)Nc1ccc([N+](=O)[O-])cc1. The van der Waals surface area contributed by atoms with Gasteiger partial charge in [0, 0.05) is 24.2 Å². The van der Waals surface area contributed by atoms with Crippen LogP contribution >= 0.6 is 0 Å². The van der Waals surface area contributed by atoms with E-state index < -0.39 is 10.8 Å². The summed E-state index contributed by atoms with van der Waals surface area (Å²) in [4.78, 5) is 33.4. The van der Waals surface area contributed by atoms with E-state index in [2.05, 4.69) is 5.32 Å². The third-order valence-corrected chi connectivity index (χ3v) is 3.91. The van der Waals surface area contributed by atoms with Crippen molar-refractivity contribution in [3.05, 3.63) is 34.4 Å². The van der Waals surface area contributed by atoms with Crippen molar-refractivity contribution in [2.24, 2.45) is 5.92 Å². The molecule has 1 amide bonds. The summed E-state index contributed by atoms with van der Waals surface area (Å²) in [5, 5.41) is 13.1. The average molecular weight is 320 g/mol. The first kappa shape index (κ1) is 16.9. The predicted octanol–water partition coefficient (Wildman–Crippen LogP) is 3.05. The average Bonchev–Trinajstić information content (AvgIpc) is 2.54. The largest absolute Gasteiger partial charge is 0.456 e. The van der Waals surface area contributed by atoms with Gasteiger partial charge in [-0.05, 0) is 30.9 Å². The molecule has 0 saturated heterocycles. The summed E-state index contributed by atoms with van der Waals surface area (Å²) in [6, 6.07) is 5.45. The number of ether oxygens (including phenoxy) is 1. The highest BCUT2D eigenvalue weighted by Crippen LogP contribution is 2.26. The monoisotopic (exact) mass is 320 g/mol. The molecule has 0 heterocycles. The molecule has 1 aromatic carbocycles. The highest BCUT2D eigenvalue weighted by molar-refractivity contribution is 5.92. The molecule has 1 N–H and O–H groups in total. The minimum Gasteiger partial charge on any atom is -0.456 e. The van der Waals surface area contributed by atoms with Crippen molar-refractivity contribution in [1.82, 2.24) is 0 Å². The van der Waals surface area contributed by atoms with Gasteiger partial charge in [0.25, 0.3) is 11.6 Å². The lowest BCUT2D eigenvalue weighted by Crippen LogP contribution is -2.22. The number of carbonyl (C=O) groups is 2. The molecule has 0 aromatic heterocycles. The fraction of sp³-hybridized carbons (Fsp3) is 0.500. The molecule has 0 aliphatic heterocycles. The summed E-state index contributed by atoms with van der Waals surface area (Å²) < 4.78 is 4.98. The summed E-state index contributed by atoms with van der Waals surface area (Å²) in [6.07, 6.45) is 5.99. The Morgan fingerprint density at radius 1 is 1.17 bits per heavy atom. The van der Waals surface area contributed by atoms with E-state index in [9.17, 15) is 19.7 Å². The second-order valence-electron chi connectivity index (χ2n) is 5.72. The van der Waals surface area contributed by atoms with E-state index in [4.69, 9.17) is 4.74 Å². The normalized spacial score (nSPS) is 15.0. The number of non-ortho nitro benzene ring substituents is 1. The van der Waals surface area contributed by atoms with Crippen molar-refractivity contribution < 1.29 is 19.2 Å². The number of hydrogen-bond donors (Lipinski definition) is 1. The Bertz CT molecular complexity index is 564. The molecule has 0 bridgehead atoms. The number of amides is 1. The molecule has 7 nitrogen and oxygen atoms in total. The maximum Gasteiger partial charge on any atom is 0.306 e. The van der Waals surface area contributed by atoms with E-state index >= 15 is 0 Å². The van der Waals surface area contributed by atoms with E-state index in [1.165, 1.54) is 30.7 Å². The Hall–Kier alpha value is -2.44. The fourth-order valence-corrected chi connectivity index (χ4v) is 2.70. The first-order valence-corrected chi connectivity index (χ1v) is 7.74. The van der Waals surface area contributed by atoms with E-state index in [1.807, 2.05) is 0 Å². The lowest BCUT2D eigenvalue weighted by Gasteiger charge is -2.20. The highest BCUT2D eigenvalue weighted by Gasteiger charge is 2.18. The van der Waals surface area contributed by atoms with Crippen LogP contribution in [0.2, 0.25) is 0 Å². The number of anilines is 1. The number of hydrogen-bond acceptors (Lipinski definition) is 5. The molecule has 0 radical (unpaired) electrons. The molecule has 0 spiro atoms. The zero-order chi connectivity index (χ0) is 16.7. The molecular weight excluding hydrogens is 300 g/mol. The summed E-state index contributed by atoms with van der Waals surface area (Å²) in [5.74, 6) is -0.444. The minimum atomic E-state index is -0.515. The molecule has 1 aliphatic rings. The molecular formula is C16H20N2O5. The van der Waals surface area contributed by atoms with E-state index in [1.54, 1.807) is 0 Å². The van der Waals surface area contributed by atoms with Crippen molar-refractivity contribution >= 4 is 23.3 Å². The second-order valence-corrected chi connectivity index (χ2v) is 5.72. The molecule has 2 rings (SSSR count). The fourth-order valence-electron chi connectivity index (χ4n) is 2.70. The third-order valence-electron chi connectivity index (χ3n) is 3.91. The Labute approximate surface area is 134 Å². The number of nitrogens with one attached hydrogen (secondary N) is 1. The van der Waals surface area contributed by atoms with Gasteiger partial charge in [0.2, 0.25) is 0 Å². The minimum absolute atomic E-state index is 0.0538. The Morgan fingerprint density at radius 2 is 1.83 bits per heavy atom. The molecule has 1 saturated carbocycles. The maximum atomic E-state index is 11.7. The number of nitro groups is 1. The molecule has 7 heteroatoms. The molecule has 0 atom stereocenters. The van der Waals surface area contributed by atoms with Crippen LogP contribution in [0.15, 0.2) is 24.3 Å². The molecule has 0 unspecified atom stereocenters. The van der Waals surface area contributed by atoms with E-state index in [0.717, 1.165) is 25.7 Å². The number of benzene rings is 1. The first-order valence-electron chi connectivity index (χ1n) is 7.74. The number of esters is 1. The van der Waals surface area contributed by atoms with Crippen LogP contribution in [0.5, 0.6) is 0 Å². The zero-order valence-electron chi connectivity index (χ0n) is 12.8. The van der Waals surface area contributed by atoms with Crippen molar-refractivity contribution in [3.63, 3.8) is 0 Å². The lowest BCUT2D eigenvalue weighted by atomic mass is 9.87. The Kier molecular flexibility index (Phi) is 6.08. The second kappa shape index (κ2) is 8.26. The zero-order valence-corrected chi connectivity index (χ0v) is 12.8. The quantitative estimate of drug-likeness (QED) is 0.493. The van der Waals surface area contributed by atoms with Crippen LogP contribution in [0.3, 0.4) is 0 Å². The van der Waals surface area contributed by atoms with Crippen molar-refractivity contribution in [2.45, 2.75) is 38.5 Å². The van der Waals surface area contributed by atoms with Crippen LogP contribution in [0.1, 0.15) is 38.5 Å². The Balaban J connectivity index is 1.71. The van der Waals surface area contributed by atoms with Crippen molar-refractivity contribution in [1.29, 1.82) is 0 Å². The summed E-state index contributed by atoms with van der Waals surface area (Å²) in [6.45, 7) is -0.345. The molecule has 1 aliphatic carbocycles. The summed E-state index contributed by atoms with van der Waals surface area (Å²) in [5.41, 5.74) is 0.367. The van der Waals surface area contributed by atoms with Gasteiger partial charge in [0.1, 0.15) is 0 Å². The van der Waals surface area contributed by atoms with Gasteiger partial charge in [-0.1, -0.05) is 19.3 Å². The topological polar surface area (TPSA) is 98.5 Å². The van der Waals surface area contributed by atoms with E-state index in [0.29, 0.717) is 18.0 Å². The van der Waals surface area contributed by atoms with Gasteiger partial charge in [-0.2, -0.15) is 0 Å². The third kappa shape index (κ3) is 5.69.